The molecule has 12 heavy (non-hydrogen) atoms. The Balaban J connectivity index is 1.97. The summed E-state index contributed by atoms with van der Waals surface area (Å²) >= 11 is 0. The first-order chi connectivity index (χ1) is 5.86. The zero-order valence-electron chi connectivity index (χ0n) is 6.66. The average molecular weight is 162 g/mol. The fraction of sp³-hybridized carbons (Fsp3) is 0.222. The molecule has 1 aliphatic rings. The molecule has 62 valence electrons. The van der Waals surface area contributed by atoms with Gasteiger partial charge in [0, 0.05) is 31.6 Å². The Kier molecular flexibility index (Phi) is 1.70. The minimum Gasteiger partial charge on any atom is -0.367 e. The van der Waals surface area contributed by atoms with Crippen LogP contribution in [0.5, 0.6) is 0 Å². The minimum atomic E-state index is 0.108. The highest BCUT2D eigenvalue weighted by Gasteiger charge is 2.21. The van der Waals surface area contributed by atoms with Crippen LogP contribution in [-0.2, 0) is 4.79 Å². The van der Waals surface area contributed by atoms with Crippen LogP contribution in [0.25, 0.3) is 6.08 Å². The fourth-order valence-corrected chi connectivity index (χ4v) is 0.984. The van der Waals surface area contributed by atoms with E-state index < -0.39 is 0 Å². The average Bonchev–Trinajstić information content (AvgIpc) is 2.80. The molecule has 0 spiro atoms. The van der Waals surface area contributed by atoms with E-state index in [-0.39, 0.29) is 5.91 Å². The summed E-state index contributed by atoms with van der Waals surface area (Å²) in [5, 5.41) is 0. The van der Waals surface area contributed by atoms with Crippen molar-refractivity contribution in [1.29, 1.82) is 0 Å². The van der Waals surface area contributed by atoms with Crippen molar-refractivity contribution in [1.82, 2.24) is 9.88 Å². The predicted molar refractivity (Wildman–Crippen MR) is 46.4 cm³/mol. The normalized spacial score (nSPS) is 15.5. The van der Waals surface area contributed by atoms with Crippen molar-refractivity contribution < 1.29 is 4.79 Å². The van der Waals surface area contributed by atoms with Crippen molar-refractivity contribution in [3.63, 3.8) is 0 Å². The third kappa shape index (κ3) is 1.56. The van der Waals surface area contributed by atoms with Crippen LogP contribution >= 0.6 is 0 Å². The Morgan fingerprint density at radius 1 is 1.58 bits per heavy atom. The Hall–Kier alpha value is -1.51. The van der Waals surface area contributed by atoms with E-state index in [1.807, 2.05) is 24.5 Å². The molecular weight excluding hydrogens is 152 g/mol. The lowest BCUT2D eigenvalue weighted by Gasteiger charge is -1.91. The molecule has 1 aliphatic heterocycles. The molecule has 2 rings (SSSR count). The van der Waals surface area contributed by atoms with Crippen molar-refractivity contribution >= 4 is 12.0 Å². The van der Waals surface area contributed by atoms with E-state index in [2.05, 4.69) is 4.98 Å². The number of amides is 1. The van der Waals surface area contributed by atoms with Gasteiger partial charge in [-0.25, -0.2) is 0 Å². The smallest absolute Gasteiger partial charge is 0.246 e. The molecule has 0 radical (unpaired) electrons. The Labute approximate surface area is 70.7 Å². The number of H-pyrrole nitrogens is 1. The summed E-state index contributed by atoms with van der Waals surface area (Å²) in [6.07, 6.45) is 7.11. The zero-order valence-corrected chi connectivity index (χ0v) is 6.66. The number of hydrogen-bond acceptors (Lipinski definition) is 1. The maximum atomic E-state index is 11.1. The number of carbonyl (C=O) groups is 1. The van der Waals surface area contributed by atoms with E-state index in [0.29, 0.717) is 0 Å². The van der Waals surface area contributed by atoms with Crippen molar-refractivity contribution in [2.24, 2.45) is 0 Å². The van der Waals surface area contributed by atoms with Gasteiger partial charge in [0.15, 0.2) is 0 Å². The second-order valence-electron chi connectivity index (χ2n) is 2.80. The monoisotopic (exact) mass is 162 g/mol. The number of hydrogen-bond donors (Lipinski definition) is 1. The summed E-state index contributed by atoms with van der Waals surface area (Å²) in [5.41, 5.74) is 1.03. The second kappa shape index (κ2) is 2.85. The van der Waals surface area contributed by atoms with Gasteiger partial charge < -0.3 is 9.88 Å². The standard InChI is InChI=1S/C9H10N2O/c12-9(11-5-6-11)2-1-8-3-4-10-7-8/h1-4,7,10H,5-6H2/b2-1+. The lowest BCUT2D eigenvalue weighted by Crippen LogP contribution is -2.05. The van der Waals surface area contributed by atoms with E-state index in [4.69, 9.17) is 0 Å². The van der Waals surface area contributed by atoms with E-state index >= 15 is 0 Å². The number of carbonyl (C=O) groups excluding carboxylic acids is 1. The van der Waals surface area contributed by atoms with Crippen molar-refractivity contribution in [3.8, 4) is 0 Å². The van der Waals surface area contributed by atoms with Gasteiger partial charge in [-0.05, 0) is 17.7 Å². The number of aromatic nitrogens is 1. The van der Waals surface area contributed by atoms with Gasteiger partial charge in [0.2, 0.25) is 5.91 Å². The highest BCUT2D eigenvalue weighted by atomic mass is 16.2. The first kappa shape index (κ1) is 7.16. The lowest BCUT2D eigenvalue weighted by molar-refractivity contribution is -0.120. The van der Waals surface area contributed by atoms with Gasteiger partial charge in [0.25, 0.3) is 0 Å². The van der Waals surface area contributed by atoms with Crippen molar-refractivity contribution in [2.75, 3.05) is 13.1 Å². The van der Waals surface area contributed by atoms with Gasteiger partial charge in [0.1, 0.15) is 0 Å². The maximum Gasteiger partial charge on any atom is 0.246 e. The minimum absolute atomic E-state index is 0.108. The van der Waals surface area contributed by atoms with Crippen LogP contribution < -0.4 is 0 Å². The molecule has 1 aromatic rings. The molecule has 1 saturated heterocycles. The predicted octanol–water partition coefficient (Wildman–Crippen LogP) is 0.870. The summed E-state index contributed by atoms with van der Waals surface area (Å²) in [4.78, 5) is 15.8. The molecule has 0 aromatic carbocycles. The van der Waals surface area contributed by atoms with E-state index in [0.717, 1.165) is 18.7 Å². The quantitative estimate of drug-likeness (QED) is 0.508. The molecule has 3 heteroatoms. The maximum absolute atomic E-state index is 11.1. The topological polar surface area (TPSA) is 35.9 Å². The molecule has 0 bridgehead atoms. The van der Waals surface area contributed by atoms with Crippen LogP contribution in [0.4, 0.5) is 0 Å². The lowest BCUT2D eigenvalue weighted by atomic mass is 10.3. The van der Waals surface area contributed by atoms with Crippen LogP contribution in [0, 0.1) is 0 Å². The van der Waals surface area contributed by atoms with Gasteiger partial charge in [0.05, 0.1) is 0 Å². The fourth-order valence-electron chi connectivity index (χ4n) is 0.984. The Bertz CT molecular complexity index is 296. The molecular formula is C9H10N2O. The van der Waals surface area contributed by atoms with Gasteiger partial charge >= 0.3 is 0 Å². The molecule has 0 saturated carbocycles. The molecule has 3 nitrogen and oxygen atoms in total. The first-order valence-electron chi connectivity index (χ1n) is 3.96. The molecule has 2 heterocycles. The third-order valence-electron chi connectivity index (χ3n) is 1.80. The van der Waals surface area contributed by atoms with Crippen molar-refractivity contribution in [3.05, 3.63) is 30.1 Å². The first-order valence-corrected chi connectivity index (χ1v) is 3.96. The number of nitrogens with zero attached hydrogens (tertiary/aromatic N) is 1. The Morgan fingerprint density at radius 3 is 3.00 bits per heavy atom. The molecule has 1 fully saturated rings. The summed E-state index contributed by atoms with van der Waals surface area (Å²) in [6.45, 7) is 1.83. The SMILES string of the molecule is O=C(/C=C/c1cc[nH]c1)N1CC1. The molecule has 0 unspecified atom stereocenters. The van der Waals surface area contributed by atoms with Crippen LogP contribution in [0.3, 0.4) is 0 Å². The summed E-state index contributed by atoms with van der Waals surface area (Å²) in [5.74, 6) is 0.108. The largest absolute Gasteiger partial charge is 0.367 e. The highest BCUT2D eigenvalue weighted by Crippen LogP contribution is 2.06. The molecule has 1 amide bonds. The molecule has 1 aromatic heterocycles. The molecule has 0 atom stereocenters. The van der Waals surface area contributed by atoms with E-state index in [9.17, 15) is 4.79 Å². The molecule has 0 aliphatic carbocycles. The van der Waals surface area contributed by atoms with Crippen molar-refractivity contribution in [2.45, 2.75) is 0 Å². The Morgan fingerprint density at radius 2 is 2.42 bits per heavy atom. The second-order valence-corrected chi connectivity index (χ2v) is 2.80. The zero-order chi connectivity index (χ0) is 8.39. The van der Waals surface area contributed by atoms with Crippen LogP contribution in [-0.4, -0.2) is 28.9 Å². The van der Waals surface area contributed by atoms with Crippen LogP contribution in [0.2, 0.25) is 0 Å². The van der Waals surface area contributed by atoms with E-state index in [1.165, 1.54) is 0 Å². The van der Waals surface area contributed by atoms with Gasteiger partial charge in [-0.3, -0.25) is 4.79 Å². The van der Waals surface area contributed by atoms with Gasteiger partial charge in [-0.15, -0.1) is 0 Å². The number of nitrogens with one attached hydrogen (secondary N) is 1. The molecule has 1 N–H and O–H groups in total. The third-order valence-corrected chi connectivity index (χ3v) is 1.80. The summed E-state index contributed by atoms with van der Waals surface area (Å²) < 4.78 is 0. The number of aromatic amines is 1. The van der Waals surface area contributed by atoms with Crippen LogP contribution in [0.15, 0.2) is 24.5 Å². The highest BCUT2D eigenvalue weighted by molar-refractivity contribution is 5.93. The van der Waals surface area contributed by atoms with Gasteiger partial charge in [-0.1, -0.05) is 0 Å². The van der Waals surface area contributed by atoms with Crippen LogP contribution in [0.1, 0.15) is 5.56 Å². The van der Waals surface area contributed by atoms with E-state index in [1.54, 1.807) is 11.0 Å². The van der Waals surface area contributed by atoms with Gasteiger partial charge in [-0.2, -0.15) is 0 Å². The summed E-state index contributed by atoms with van der Waals surface area (Å²) in [6, 6.07) is 1.92. The summed E-state index contributed by atoms with van der Waals surface area (Å²) in [7, 11) is 0. The number of rotatable bonds is 2.